The molecule has 2 fully saturated rings. The van der Waals surface area contributed by atoms with E-state index in [2.05, 4.69) is 0 Å². The number of hydrogen-bond acceptors (Lipinski definition) is 2. The highest BCUT2D eigenvalue weighted by molar-refractivity contribution is 5.25. The van der Waals surface area contributed by atoms with Crippen molar-refractivity contribution in [1.29, 1.82) is 0 Å². The Morgan fingerprint density at radius 1 is 0.952 bits per heavy atom. The standard InChI is InChI=1S/C14H15F3O2.C2H6/c15-10-1-2-11(16)13(17)12(10)9-3-5-14(6-4-9)18-7-8-19-14;1-2/h1-2,9H,3-8H2;1-2H3. The van der Waals surface area contributed by atoms with Crippen molar-refractivity contribution >= 4 is 0 Å². The van der Waals surface area contributed by atoms with Crippen LogP contribution in [0.4, 0.5) is 13.2 Å². The van der Waals surface area contributed by atoms with E-state index in [0.29, 0.717) is 38.9 Å². The molecule has 0 N–H and O–H groups in total. The van der Waals surface area contributed by atoms with Crippen LogP contribution in [0.1, 0.15) is 51.0 Å². The molecule has 0 radical (unpaired) electrons. The first kappa shape index (κ1) is 16.3. The molecule has 0 amide bonds. The largest absolute Gasteiger partial charge is 0.348 e. The summed E-state index contributed by atoms with van der Waals surface area (Å²) < 4.78 is 51.8. The van der Waals surface area contributed by atoms with Gasteiger partial charge in [-0.15, -0.1) is 0 Å². The van der Waals surface area contributed by atoms with Crippen molar-refractivity contribution in [2.24, 2.45) is 0 Å². The van der Waals surface area contributed by atoms with E-state index in [1.165, 1.54) is 0 Å². The van der Waals surface area contributed by atoms with Crippen molar-refractivity contribution in [3.05, 3.63) is 35.1 Å². The zero-order valence-electron chi connectivity index (χ0n) is 12.4. The van der Waals surface area contributed by atoms with E-state index in [-0.39, 0.29) is 11.5 Å². The molecule has 0 unspecified atom stereocenters. The Morgan fingerprint density at radius 3 is 2.05 bits per heavy atom. The Hall–Kier alpha value is -1.07. The average molecular weight is 302 g/mol. The van der Waals surface area contributed by atoms with Gasteiger partial charge in [0.1, 0.15) is 5.82 Å². The average Bonchev–Trinajstić information content (AvgIpc) is 2.96. The van der Waals surface area contributed by atoms with Crippen LogP contribution < -0.4 is 0 Å². The Labute approximate surface area is 123 Å². The third-order valence-corrected chi connectivity index (χ3v) is 4.05. The second kappa shape index (κ2) is 6.79. The monoisotopic (exact) mass is 302 g/mol. The number of benzene rings is 1. The second-order valence-corrected chi connectivity index (χ2v) is 5.14. The molecule has 1 saturated heterocycles. The fraction of sp³-hybridized carbons (Fsp3) is 0.625. The van der Waals surface area contributed by atoms with Gasteiger partial charge >= 0.3 is 0 Å². The molecule has 1 heterocycles. The molecule has 2 nitrogen and oxygen atoms in total. The molecule has 0 bridgehead atoms. The number of rotatable bonds is 1. The SMILES string of the molecule is CC.Fc1ccc(F)c(C2CCC3(CC2)OCCO3)c1F. The summed E-state index contributed by atoms with van der Waals surface area (Å²) in [5.74, 6) is -3.61. The van der Waals surface area contributed by atoms with Crippen molar-refractivity contribution in [3.63, 3.8) is 0 Å². The summed E-state index contributed by atoms with van der Waals surface area (Å²) in [6.07, 6.45) is 2.26. The molecule has 2 aliphatic rings. The molecule has 118 valence electrons. The lowest BCUT2D eigenvalue weighted by Gasteiger charge is -2.35. The van der Waals surface area contributed by atoms with E-state index < -0.39 is 23.2 Å². The topological polar surface area (TPSA) is 18.5 Å². The van der Waals surface area contributed by atoms with Crippen LogP contribution >= 0.6 is 0 Å². The molecule has 1 aromatic carbocycles. The summed E-state index contributed by atoms with van der Waals surface area (Å²) in [6, 6.07) is 1.81. The van der Waals surface area contributed by atoms with E-state index in [9.17, 15) is 13.2 Å². The lowest BCUT2D eigenvalue weighted by atomic mass is 9.80. The van der Waals surface area contributed by atoms with Gasteiger partial charge in [-0.1, -0.05) is 13.8 Å². The maximum absolute atomic E-state index is 13.7. The third kappa shape index (κ3) is 3.24. The summed E-state index contributed by atoms with van der Waals surface area (Å²) in [4.78, 5) is 0. The Balaban J connectivity index is 0.000000774. The number of halogens is 3. The maximum Gasteiger partial charge on any atom is 0.168 e. The first-order valence-electron chi connectivity index (χ1n) is 7.53. The molecular formula is C16H21F3O2. The molecule has 1 aromatic rings. The van der Waals surface area contributed by atoms with Crippen molar-refractivity contribution < 1.29 is 22.6 Å². The van der Waals surface area contributed by atoms with Crippen LogP contribution in [0.5, 0.6) is 0 Å². The molecule has 1 spiro atoms. The summed E-state index contributed by atoms with van der Waals surface area (Å²) in [5.41, 5.74) is -0.132. The van der Waals surface area contributed by atoms with Crippen LogP contribution in [0.2, 0.25) is 0 Å². The van der Waals surface area contributed by atoms with Crippen molar-refractivity contribution in [2.75, 3.05) is 13.2 Å². The van der Waals surface area contributed by atoms with Gasteiger partial charge in [0.15, 0.2) is 17.4 Å². The molecule has 1 saturated carbocycles. The summed E-state index contributed by atoms with van der Waals surface area (Å²) in [6.45, 7) is 5.13. The normalized spacial score (nSPS) is 21.2. The van der Waals surface area contributed by atoms with Crippen molar-refractivity contribution in [3.8, 4) is 0 Å². The number of hydrogen-bond donors (Lipinski definition) is 0. The number of ether oxygens (including phenoxy) is 2. The van der Waals surface area contributed by atoms with Gasteiger partial charge < -0.3 is 9.47 Å². The highest BCUT2D eigenvalue weighted by Crippen LogP contribution is 2.43. The lowest BCUT2D eigenvalue weighted by Crippen LogP contribution is -2.35. The zero-order chi connectivity index (χ0) is 15.5. The van der Waals surface area contributed by atoms with Gasteiger partial charge in [-0.3, -0.25) is 0 Å². The molecule has 0 aromatic heterocycles. The van der Waals surface area contributed by atoms with Crippen LogP contribution in [0, 0.1) is 17.5 Å². The minimum Gasteiger partial charge on any atom is -0.348 e. The first-order valence-corrected chi connectivity index (χ1v) is 7.53. The highest BCUT2D eigenvalue weighted by atomic mass is 19.2. The van der Waals surface area contributed by atoms with Gasteiger partial charge in [-0.2, -0.15) is 0 Å². The smallest absolute Gasteiger partial charge is 0.168 e. The van der Waals surface area contributed by atoms with Crippen molar-refractivity contribution in [2.45, 2.75) is 51.2 Å². The van der Waals surface area contributed by atoms with E-state index in [1.807, 2.05) is 13.8 Å². The summed E-state index contributed by atoms with van der Waals surface area (Å²) >= 11 is 0. The molecule has 5 heteroatoms. The summed E-state index contributed by atoms with van der Waals surface area (Å²) in [7, 11) is 0. The van der Waals surface area contributed by atoms with Gasteiger partial charge in [-0.25, -0.2) is 13.2 Å². The minimum absolute atomic E-state index is 0.132. The van der Waals surface area contributed by atoms with Gasteiger partial charge in [-0.05, 0) is 30.9 Å². The zero-order valence-corrected chi connectivity index (χ0v) is 12.4. The maximum atomic E-state index is 13.7. The molecule has 1 aliphatic carbocycles. The van der Waals surface area contributed by atoms with Crippen molar-refractivity contribution in [1.82, 2.24) is 0 Å². The molecule has 21 heavy (non-hydrogen) atoms. The van der Waals surface area contributed by atoms with Crippen LogP contribution in [-0.2, 0) is 9.47 Å². The first-order chi connectivity index (χ1) is 10.1. The fourth-order valence-corrected chi connectivity index (χ4v) is 3.05. The molecule has 1 aliphatic heterocycles. The predicted octanol–water partition coefficient (Wildman–Crippen LogP) is 4.53. The Bertz CT molecular complexity index is 475. The molecular weight excluding hydrogens is 281 g/mol. The van der Waals surface area contributed by atoms with Crippen LogP contribution in [-0.4, -0.2) is 19.0 Å². The quantitative estimate of drug-likeness (QED) is 0.710. The van der Waals surface area contributed by atoms with Crippen LogP contribution in [0.3, 0.4) is 0 Å². The van der Waals surface area contributed by atoms with Crippen LogP contribution in [0.15, 0.2) is 12.1 Å². The van der Waals surface area contributed by atoms with Gasteiger partial charge in [0.05, 0.1) is 13.2 Å². The third-order valence-electron chi connectivity index (χ3n) is 4.05. The van der Waals surface area contributed by atoms with E-state index in [1.54, 1.807) is 0 Å². The van der Waals surface area contributed by atoms with Gasteiger partial charge in [0.2, 0.25) is 0 Å². The molecule has 0 atom stereocenters. The fourth-order valence-electron chi connectivity index (χ4n) is 3.05. The van der Waals surface area contributed by atoms with E-state index in [4.69, 9.17) is 9.47 Å². The minimum atomic E-state index is -1.06. The van der Waals surface area contributed by atoms with E-state index >= 15 is 0 Å². The van der Waals surface area contributed by atoms with Gasteiger partial charge in [0, 0.05) is 18.4 Å². The van der Waals surface area contributed by atoms with Gasteiger partial charge in [0.25, 0.3) is 0 Å². The lowest BCUT2D eigenvalue weighted by molar-refractivity contribution is -0.179. The molecule has 3 rings (SSSR count). The van der Waals surface area contributed by atoms with Crippen LogP contribution in [0.25, 0.3) is 0 Å². The predicted molar refractivity (Wildman–Crippen MR) is 73.5 cm³/mol. The second-order valence-electron chi connectivity index (χ2n) is 5.14. The highest BCUT2D eigenvalue weighted by Gasteiger charge is 2.41. The van der Waals surface area contributed by atoms with E-state index in [0.717, 1.165) is 12.1 Å². The Kier molecular flexibility index (Phi) is 5.27. The summed E-state index contributed by atoms with van der Waals surface area (Å²) in [5, 5.41) is 0. The Morgan fingerprint density at radius 2 is 1.48 bits per heavy atom.